The second-order valence-corrected chi connectivity index (χ2v) is 2.98. The Kier molecular flexibility index (Phi) is 1.26. The third-order valence-electron chi connectivity index (χ3n) is 2.17. The lowest BCUT2D eigenvalue weighted by Crippen LogP contribution is -2.24. The van der Waals surface area contributed by atoms with Crippen LogP contribution in [0.2, 0.25) is 0 Å². The van der Waals surface area contributed by atoms with Gasteiger partial charge < -0.3 is 9.84 Å². The van der Waals surface area contributed by atoms with Crippen molar-refractivity contribution in [2.45, 2.75) is 25.3 Å². The van der Waals surface area contributed by atoms with Gasteiger partial charge in [-0.15, -0.1) is 0 Å². The summed E-state index contributed by atoms with van der Waals surface area (Å²) in [6.45, 7) is 1.83. The van der Waals surface area contributed by atoms with Crippen molar-refractivity contribution in [1.29, 1.82) is 0 Å². The topological polar surface area (TPSA) is 51.0 Å². The Balaban J connectivity index is 2.29. The van der Waals surface area contributed by atoms with E-state index in [1.54, 1.807) is 0 Å². The lowest BCUT2D eigenvalue weighted by Gasteiger charge is -2.05. The van der Waals surface area contributed by atoms with Gasteiger partial charge in [0.1, 0.15) is 0 Å². The van der Waals surface area contributed by atoms with Crippen LogP contribution in [0.5, 0.6) is 0 Å². The molecule has 1 aromatic rings. The van der Waals surface area contributed by atoms with Crippen LogP contribution in [0.4, 0.5) is 0 Å². The molecule has 1 aromatic heterocycles. The lowest BCUT2D eigenvalue weighted by atomic mass is 10.3. The summed E-state index contributed by atoms with van der Waals surface area (Å²) in [5.41, 5.74) is 0.0151. The highest BCUT2D eigenvalue weighted by atomic mass is 16.5. The van der Waals surface area contributed by atoms with Gasteiger partial charge in [-0.25, -0.2) is 0 Å². The summed E-state index contributed by atoms with van der Waals surface area (Å²) in [5.74, 6) is 1.44. The van der Waals surface area contributed by atoms with Crippen molar-refractivity contribution in [2.75, 3.05) is 7.05 Å². The van der Waals surface area contributed by atoms with Crippen molar-refractivity contribution < 1.29 is 4.52 Å². The third-order valence-corrected chi connectivity index (χ3v) is 2.17. The van der Waals surface area contributed by atoms with Crippen molar-refractivity contribution in [1.82, 2.24) is 15.5 Å². The molecule has 2 rings (SSSR count). The van der Waals surface area contributed by atoms with Gasteiger partial charge in [-0.2, -0.15) is 4.98 Å². The fourth-order valence-electron chi connectivity index (χ4n) is 1.19. The first-order valence-corrected chi connectivity index (χ1v) is 3.76. The zero-order valence-electron chi connectivity index (χ0n) is 6.72. The standard InChI is InChI=1S/C7H11N3O/c1-5-9-6(11-10-5)7(8-2)3-4-7/h8H,3-4H2,1-2H3. The number of hydrogen-bond donors (Lipinski definition) is 1. The molecule has 0 aliphatic heterocycles. The van der Waals surface area contributed by atoms with Crippen LogP contribution in [-0.4, -0.2) is 17.2 Å². The first-order valence-electron chi connectivity index (χ1n) is 3.76. The lowest BCUT2D eigenvalue weighted by molar-refractivity contribution is 0.326. The molecule has 11 heavy (non-hydrogen) atoms. The Labute approximate surface area is 65.0 Å². The maximum Gasteiger partial charge on any atom is 0.246 e. The summed E-state index contributed by atoms with van der Waals surface area (Å²) in [5, 5.41) is 6.93. The third kappa shape index (κ3) is 0.939. The quantitative estimate of drug-likeness (QED) is 0.675. The van der Waals surface area contributed by atoms with Gasteiger partial charge >= 0.3 is 0 Å². The van der Waals surface area contributed by atoms with E-state index in [-0.39, 0.29) is 5.54 Å². The van der Waals surface area contributed by atoms with Gasteiger partial charge in [0.15, 0.2) is 5.82 Å². The van der Waals surface area contributed by atoms with E-state index in [4.69, 9.17) is 4.52 Å². The molecule has 1 aliphatic rings. The van der Waals surface area contributed by atoms with E-state index in [0.717, 1.165) is 18.7 Å². The molecule has 0 atom stereocenters. The smallest absolute Gasteiger partial charge is 0.246 e. The molecule has 1 saturated carbocycles. The summed E-state index contributed by atoms with van der Waals surface area (Å²) in [4.78, 5) is 4.18. The molecule has 0 unspecified atom stereocenters. The molecule has 60 valence electrons. The number of nitrogens with one attached hydrogen (secondary N) is 1. The zero-order chi connectivity index (χ0) is 7.90. The minimum Gasteiger partial charge on any atom is -0.337 e. The largest absolute Gasteiger partial charge is 0.337 e. The van der Waals surface area contributed by atoms with Crippen LogP contribution in [0, 0.1) is 6.92 Å². The highest BCUT2D eigenvalue weighted by Gasteiger charge is 2.47. The second kappa shape index (κ2) is 2.04. The van der Waals surface area contributed by atoms with Crippen LogP contribution in [0.25, 0.3) is 0 Å². The number of hydrogen-bond acceptors (Lipinski definition) is 4. The molecule has 0 amide bonds. The summed E-state index contributed by atoms with van der Waals surface area (Å²) in [6.07, 6.45) is 2.20. The van der Waals surface area contributed by atoms with E-state index in [1.165, 1.54) is 0 Å². The van der Waals surface area contributed by atoms with Gasteiger partial charge in [-0.05, 0) is 26.8 Å². The summed E-state index contributed by atoms with van der Waals surface area (Å²) in [6, 6.07) is 0. The first kappa shape index (κ1) is 6.79. The molecule has 1 fully saturated rings. The molecule has 0 saturated heterocycles. The summed E-state index contributed by atoms with van der Waals surface area (Å²) in [7, 11) is 1.92. The minimum atomic E-state index is 0.0151. The van der Waals surface area contributed by atoms with Crippen molar-refractivity contribution in [3.8, 4) is 0 Å². The van der Waals surface area contributed by atoms with Crippen molar-refractivity contribution in [2.24, 2.45) is 0 Å². The monoisotopic (exact) mass is 153 g/mol. The zero-order valence-corrected chi connectivity index (χ0v) is 6.72. The maximum absolute atomic E-state index is 5.06. The summed E-state index contributed by atoms with van der Waals surface area (Å²) < 4.78 is 5.06. The van der Waals surface area contributed by atoms with E-state index in [9.17, 15) is 0 Å². The van der Waals surface area contributed by atoms with Gasteiger partial charge in [0, 0.05) is 0 Å². The molecule has 0 aromatic carbocycles. The average Bonchev–Trinajstić information content (AvgIpc) is 2.70. The molecular weight excluding hydrogens is 142 g/mol. The molecule has 0 bridgehead atoms. The van der Waals surface area contributed by atoms with E-state index >= 15 is 0 Å². The van der Waals surface area contributed by atoms with Gasteiger partial charge in [0.2, 0.25) is 5.89 Å². The van der Waals surface area contributed by atoms with Gasteiger partial charge in [-0.3, -0.25) is 0 Å². The molecular formula is C7H11N3O. The molecule has 4 nitrogen and oxygen atoms in total. The molecule has 1 aliphatic carbocycles. The van der Waals surface area contributed by atoms with Gasteiger partial charge in [0.05, 0.1) is 5.54 Å². The predicted molar refractivity (Wildman–Crippen MR) is 39.0 cm³/mol. The molecule has 0 radical (unpaired) electrons. The SMILES string of the molecule is CNC1(c2nc(C)no2)CC1. The van der Waals surface area contributed by atoms with E-state index < -0.39 is 0 Å². The number of aryl methyl sites for hydroxylation is 1. The van der Waals surface area contributed by atoms with Crippen molar-refractivity contribution >= 4 is 0 Å². The van der Waals surface area contributed by atoms with Crippen LogP contribution in [0.3, 0.4) is 0 Å². The molecule has 1 N–H and O–H groups in total. The fraction of sp³-hybridized carbons (Fsp3) is 0.714. The van der Waals surface area contributed by atoms with E-state index in [0.29, 0.717) is 5.82 Å². The predicted octanol–water partition coefficient (Wildman–Crippen LogP) is 0.587. The van der Waals surface area contributed by atoms with Gasteiger partial charge in [-0.1, -0.05) is 5.16 Å². The van der Waals surface area contributed by atoms with Crippen LogP contribution < -0.4 is 5.32 Å². The highest BCUT2D eigenvalue weighted by Crippen LogP contribution is 2.43. The van der Waals surface area contributed by atoms with Crippen LogP contribution >= 0.6 is 0 Å². The number of rotatable bonds is 2. The second-order valence-electron chi connectivity index (χ2n) is 2.98. The molecule has 4 heteroatoms. The molecule has 1 heterocycles. The Bertz CT molecular complexity index is 264. The average molecular weight is 153 g/mol. The normalized spacial score (nSPS) is 20.2. The van der Waals surface area contributed by atoms with E-state index in [2.05, 4.69) is 15.5 Å². The first-order chi connectivity index (χ1) is 5.27. The van der Waals surface area contributed by atoms with Crippen LogP contribution in [-0.2, 0) is 5.54 Å². The summed E-state index contributed by atoms with van der Waals surface area (Å²) >= 11 is 0. The van der Waals surface area contributed by atoms with Gasteiger partial charge in [0.25, 0.3) is 0 Å². The Morgan fingerprint density at radius 3 is 2.64 bits per heavy atom. The van der Waals surface area contributed by atoms with Crippen LogP contribution in [0.15, 0.2) is 4.52 Å². The van der Waals surface area contributed by atoms with Crippen LogP contribution in [0.1, 0.15) is 24.6 Å². The van der Waals surface area contributed by atoms with E-state index in [1.807, 2.05) is 14.0 Å². The Hall–Kier alpha value is -0.900. The van der Waals surface area contributed by atoms with Crippen molar-refractivity contribution in [3.05, 3.63) is 11.7 Å². The Morgan fingerprint density at radius 2 is 2.27 bits per heavy atom. The highest BCUT2D eigenvalue weighted by molar-refractivity contribution is 5.12. The Morgan fingerprint density at radius 1 is 1.55 bits per heavy atom. The van der Waals surface area contributed by atoms with Crippen molar-refractivity contribution in [3.63, 3.8) is 0 Å². The fourth-order valence-corrected chi connectivity index (χ4v) is 1.19. The molecule has 0 spiro atoms. The maximum atomic E-state index is 5.06. The minimum absolute atomic E-state index is 0.0151. The number of aromatic nitrogens is 2. The number of nitrogens with zero attached hydrogens (tertiary/aromatic N) is 2.